The molecule has 92 valence electrons. The van der Waals surface area contributed by atoms with E-state index in [1.807, 2.05) is 0 Å². The Morgan fingerprint density at radius 3 is 2.27 bits per heavy atom. The first-order valence-corrected chi connectivity index (χ1v) is 7.42. The number of hydrogen-bond acceptors (Lipinski definition) is 2. The number of unbranched alkanes of at least 4 members (excludes halogenated alkanes) is 2. The van der Waals surface area contributed by atoms with Crippen molar-refractivity contribution in [3.05, 3.63) is 0 Å². The molecule has 15 heavy (non-hydrogen) atoms. The van der Waals surface area contributed by atoms with Crippen molar-refractivity contribution in [1.82, 2.24) is 0 Å². The molecule has 0 bridgehead atoms. The molecule has 0 aromatic rings. The van der Waals surface area contributed by atoms with Crippen LogP contribution in [0.25, 0.3) is 0 Å². The van der Waals surface area contributed by atoms with Crippen LogP contribution in [0.5, 0.6) is 0 Å². The van der Waals surface area contributed by atoms with Crippen molar-refractivity contribution in [2.75, 3.05) is 12.9 Å². The monoisotopic (exact) mass is 232 g/mol. The second-order valence-electron chi connectivity index (χ2n) is 5.19. The molecule has 0 fully saturated rings. The fourth-order valence-corrected chi connectivity index (χ4v) is 2.92. The summed E-state index contributed by atoms with van der Waals surface area (Å²) in [7, 11) is 0. The quantitative estimate of drug-likeness (QED) is 0.639. The third-order valence-corrected chi connectivity index (χ3v) is 4.86. The molecule has 0 spiro atoms. The maximum absolute atomic E-state index is 9.31. The van der Waals surface area contributed by atoms with Crippen LogP contribution < -0.4 is 0 Å². The Morgan fingerprint density at radius 1 is 1.27 bits per heavy atom. The lowest BCUT2D eigenvalue weighted by Crippen LogP contribution is -2.32. The normalized spacial score (nSPS) is 16.4. The molecule has 0 amide bonds. The fraction of sp³-hybridized carbons (Fsp3) is 1.00. The van der Waals surface area contributed by atoms with Crippen molar-refractivity contribution in [3.8, 4) is 0 Å². The van der Waals surface area contributed by atoms with E-state index in [0.29, 0.717) is 23.2 Å². The molecule has 0 aromatic heterocycles. The van der Waals surface area contributed by atoms with E-state index in [1.54, 1.807) is 11.8 Å². The largest absolute Gasteiger partial charge is 0.395 e. The molecular formula is C13H28OS. The van der Waals surface area contributed by atoms with Gasteiger partial charge >= 0.3 is 0 Å². The summed E-state index contributed by atoms with van der Waals surface area (Å²) in [5.74, 6) is 0.578. The average Bonchev–Trinajstić information content (AvgIpc) is 2.19. The Morgan fingerprint density at radius 2 is 1.87 bits per heavy atom. The highest BCUT2D eigenvalue weighted by atomic mass is 32.2. The zero-order valence-corrected chi connectivity index (χ0v) is 11.9. The first-order valence-electron chi connectivity index (χ1n) is 6.13. The van der Waals surface area contributed by atoms with E-state index >= 15 is 0 Å². The van der Waals surface area contributed by atoms with E-state index in [1.165, 1.54) is 25.7 Å². The second kappa shape index (κ2) is 7.56. The van der Waals surface area contributed by atoms with Crippen LogP contribution in [0.15, 0.2) is 0 Å². The summed E-state index contributed by atoms with van der Waals surface area (Å²) >= 11 is 1.79. The van der Waals surface area contributed by atoms with E-state index in [9.17, 15) is 5.11 Å². The lowest BCUT2D eigenvalue weighted by molar-refractivity contribution is 0.165. The van der Waals surface area contributed by atoms with Gasteiger partial charge in [0, 0.05) is 5.25 Å². The molecule has 1 nitrogen and oxygen atoms in total. The maximum Gasteiger partial charge on any atom is 0.0552 e. The van der Waals surface area contributed by atoms with Gasteiger partial charge in [-0.15, -0.1) is 0 Å². The van der Waals surface area contributed by atoms with Gasteiger partial charge in [0.25, 0.3) is 0 Å². The summed E-state index contributed by atoms with van der Waals surface area (Å²) < 4.78 is 0. The summed E-state index contributed by atoms with van der Waals surface area (Å²) in [6, 6.07) is 0. The van der Waals surface area contributed by atoms with Crippen LogP contribution in [0.2, 0.25) is 0 Å². The maximum atomic E-state index is 9.31. The van der Waals surface area contributed by atoms with E-state index in [2.05, 4.69) is 34.0 Å². The SMILES string of the molecule is CCCCCC(C)(C)C(C)C(CO)SC. The molecule has 0 saturated carbocycles. The highest BCUT2D eigenvalue weighted by Gasteiger charge is 2.30. The van der Waals surface area contributed by atoms with Gasteiger partial charge in [-0.25, -0.2) is 0 Å². The predicted octanol–water partition coefficient (Wildman–Crippen LogP) is 3.95. The Hall–Kier alpha value is 0.310. The third-order valence-electron chi connectivity index (χ3n) is 3.70. The van der Waals surface area contributed by atoms with Crippen molar-refractivity contribution in [3.63, 3.8) is 0 Å². The molecule has 0 aliphatic carbocycles. The standard InChI is InChI=1S/C13H28OS/c1-6-7-8-9-13(3,4)11(2)12(10-14)15-5/h11-12,14H,6-10H2,1-5H3. The average molecular weight is 232 g/mol. The second-order valence-corrected chi connectivity index (χ2v) is 6.27. The number of hydrogen-bond donors (Lipinski definition) is 1. The Bertz CT molecular complexity index is 153. The minimum atomic E-state index is 0.305. The Balaban J connectivity index is 4.16. The minimum absolute atomic E-state index is 0.305. The van der Waals surface area contributed by atoms with Crippen molar-refractivity contribution in [2.24, 2.45) is 11.3 Å². The van der Waals surface area contributed by atoms with Gasteiger partial charge in [0.05, 0.1) is 6.61 Å². The lowest BCUT2D eigenvalue weighted by Gasteiger charge is -2.36. The molecule has 0 saturated heterocycles. The lowest BCUT2D eigenvalue weighted by atomic mass is 9.74. The number of thioether (sulfide) groups is 1. The molecule has 0 rings (SSSR count). The van der Waals surface area contributed by atoms with Crippen LogP contribution >= 0.6 is 11.8 Å². The van der Waals surface area contributed by atoms with Crippen LogP contribution in [0.4, 0.5) is 0 Å². The van der Waals surface area contributed by atoms with Crippen molar-refractivity contribution >= 4 is 11.8 Å². The van der Waals surface area contributed by atoms with Crippen LogP contribution in [0.1, 0.15) is 53.4 Å². The number of rotatable bonds is 8. The molecule has 2 unspecified atom stereocenters. The van der Waals surface area contributed by atoms with Crippen LogP contribution in [-0.4, -0.2) is 23.2 Å². The van der Waals surface area contributed by atoms with E-state index in [-0.39, 0.29) is 0 Å². The zero-order valence-electron chi connectivity index (χ0n) is 11.0. The molecule has 0 heterocycles. The highest BCUT2D eigenvalue weighted by molar-refractivity contribution is 7.99. The van der Waals surface area contributed by atoms with E-state index in [0.717, 1.165) is 0 Å². The smallest absolute Gasteiger partial charge is 0.0552 e. The summed E-state index contributed by atoms with van der Waals surface area (Å²) in [6.45, 7) is 9.51. The number of aliphatic hydroxyl groups is 1. The summed E-state index contributed by atoms with van der Waals surface area (Å²) in [4.78, 5) is 0. The Kier molecular flexibility index (Phi) is 7.72. The predicted molar refractivity (Wildman–Crippen MR) is 71.5 cm³/mol. The Labute approximate surface area is 100 Å². The van der Waals surface area contributed by atoms with Crippen LogP contribution in [0, 0.1) is 11.3 Å². The zero-order chi connectivity index (χ0) is 11.9. The van der Waals surface area contributed by atoms with Crippen LogP contribution in [0.3, 0.4) is 0 Å². The fourth-order valence-electron chi connectivity index (χ4n) is 2.00. The van der Waals surface area contributed by atoms with Crippen LogP contribution in [-0.2, 0) is 0 Å². The summed E-state index contributed by atoms with van der Waals surface area (Å²) in [5.41, 5.74) is 0.353. The molecule has 2 heteroatoms. The van der Waals surface area contributed by atoms with Gasteiger partial charge in [-0.1, -0.05) is 47.0 Å². The van der Waals surface area contributed by atoms with E-state index < -0.39 is 0 Å². The van der Waals surface area contributed by atoms with Gasteiger partial charge in [-0.3, -0.25) is 0 Å². The first kappa shape index (κ1) is 15.3. The van der Waals surface area contributed by atoms with Crippen molar-refractivity contribution in [1.29, 1.82) is 0 Å². The van der Waals surface area contributed by atoms with Gasteiger partial charge < -0.3 is 5.11 Å². The molecule has 0 aliphatic heterocycles. The molecule has 0 aromatic carbocycles. The van der Waals surface area contributed by atoms with E-state index in [4.69, 9.17) is 0 Å². The van der Waals surface area contributed by atoms with Crippen molar-refractivity contribution < 1.29 is 5.11 Å². The molecule has 2 atom stereocenters. The number of aliphatic hydroxyl groups excluding tert-OH is 1. The van der Waals surface area contributed by atoms with Gasteiger partial charge in [-0.2, -0.15) is 11.8 Å². The highest BCUT2D eigenvalue weighted by Crippen LogP contribution is 2.37. The molecule has 0 radical (unpaired) electrons. The first-order chi connectivity index (χ1) is 6.99. The van der Waals surface area contributed by atoms with Gasteiger partial charge in [0.2, 0.25) is 0 Å². The van der Waals surface area contributed by atoms with Crippen molar-refractivity contribution in [2.45, 2.75) is 58.6 Å². The molecular weight excluding hydrogens is 204 g/mol. The molecule has 0 aliphatic rings. The molecule has 1 N–H and O–H groups in total. The van der Waals surface area contributed by atoms with Gasteiger partial charge in [0.15, 0.2) is 0 Å². The minimum Gasteiger partial charge on any atom is -0.395 e. The summed E-state index contributed by atoms with van der Waals surface area (Å²) in [6.07, 6.45) is 7.31. The topological polar surface area (TPSA) is 20.2 Å². The van der Waals surface area contributed by atoms with Gasteiger partial charge in [0.1, 0.15) is 0 Å². The third kappa shape index (κ3) is 5.26. The summed E-state index contributed by atoms with van der Waals surface area (Å²) in [5, 5.41) is 9.70. The van der Waals surface area contributed by atoms with Gasteiger partial charge in [-0.05, 0) is 24.0 Å².